The van der Waals surface area contributed by atoms with Crippen molar-refractivity contribution < 1.29 is 18.0 Å². The van der Waals surface area contributed by atoms with Crippen molar-refractivity contribution in [3.63, 3.8) is 0 Å². The summed E-state index contributed by atoms with van der Waals surface area (Å²) in [4.78, 5) is 11.6. The Morgan fingerprint density at radius 3 is 2.79 bits per heavy atom. The van der Waals surface area contributed by atoms with Crippen LogP contribution in [-0.2, 0) is 6.42 Å². The summed E-state index contributed by atoms with van der Waals surface area (Å²) < 4.78 is 36.4. The van der Waals surface area contributed by atoms with Crippen LogP contribution < -0.4 is 11.1 Å². The second-order valence-corrected chi connectivity index (χ2v) is 4.68. The van der Waals surface area contributed by atoms with E-state index in [1.165, 1.54) is 0 Å². The third-order valence-corrected chi connectivity index (χ3v) is 3.23. The van der Waals surface area contributed by atoms with E-state index < -0.39 is 18.6 Å². The number of hydrogen-bond acceptors (Lipinski definition) is 2. The minimum absolute atomic E-state index is 0.177. The van der Waals surface area contributed by atoms with Gasteiger partial charge in [0.2, 0.25) is 0 Å². The highest BCUT2D eigenvalue weighted by molar-refractivity contribution is 5.96. The van der Waals surface area contributed by atoms with Gasteiger partial charge < -0.3 is 11.1 Å². The Labute approximate surface area is 109 Å². The van der Waals surface area contributed by atoms with Crippen LogP contribution in [0.2, 0.25) is 0 Å². The lowest BCUT2D eigenvalue weighted by Gasteiger charge is -2.19. The molecule has 0 fully saturated rings. The maximum Gasteiger partial charge on any atom is 0.389 e. The van der Waals surface area contributed by atoms with E-state index in [0.29, 0.717) is 17.7 Å². The summed E-state index contributed by atoms with van der Waals surface area (Å²) in [7, 11) is 0. The van der Waals surface area contributed by atoms with Crippen LogP contribution in [0, 0.1) is 0 Å². The van der Waals surface area contributed by atoms with Gasteiger partial charge in [-0.1, -0.05) is 12.1 Å². The predicted molar refractivity (Wildman–Crippen MR) is 64.7 cm³/mol. The zero-order valence-corrected chi connectivity index (χ0v) is 10.3. The van der Waals surface area contributed by atoms with E-state index in [1.807, 2.05) is 0 Å². The Kier molecular flexibility index (Phi) is 3.80. The van der Waals surface area contributed by atoms with Crippen molar-refractivity contribution in [2.45, 2.75) is 31.5 Å². The third kappa shape index (κ3) is 3.47. The Bertz CT molecular complexity index is 485. The summed E-state index contributed by atoms with van der Waals surface area (Å²) in [6, 6.07) is 4.38. The molecule has 1 aliphatic heterocycles. The fourth-order valence-corrected chi connectivity index (χ4v) is 2.15. The fourth-order valence-electron chi connectivity index (χ4n) is 2.15. The topological polar surface area (TPSA) is 55.1 Å². The third-order valence-electron chi connectivity index (χ3n) is 3.23. The summed E-state index contributed by atoms with van der Waals surface area (Å²) in [5, 5.41) is 2.70. The monoisotopic (exact) mass is 272 g/mol. The Hall–Kier alpha value is -1.56. The summed E-state index contributed by atoms with van der Waals surface area (Å²) in [6.45, 7) is 0.589. The van der Waals surface area contributed by atoms with Crippen LogP contribution in [-0.4, -0.2) is 18.6 Å². The van der Waals surface area contributed by atoms with E-state index in [0.717, 1.165) is 12.0 Å². The zero-order chi connectivity index (χ0) is 14.0. The number of fused-ring (bicyclic) bond motifs is 1. The van der Waals surface area contributed by atoms with E-state index in [9.17, 15) is 18.0 Å². The number of halogens is 3. The van der Waals surface area contributed by atoms with Crippen LogP contribution in [0.4, 0.5) is 13.2 Å². The van der Waals surface area contributed by atoms with Gasteiger partial charge in [0.25, 0.3) is 5.91 Å². The summed E-state index contributed by atoms with van der Waals surface area (Å²) in [5.74, 6) is -0.189. The number of nitrogens with two attached hydrogens (primary N) is 1. The van der Waals surface area contributed by atoms with Crippen LogP contribution in [0.5, 0.6) is 0 Å². The first-order valence-corrected chi connectivity index (χ1v) is 6.10. The van der Waals surface area contributed by atoms with Gasteiger partial charge in [-0.05, 0) is 30.0 Å². The fraction of sp³-hybridized carbons (Fsp3) is 0.462. The molecule has 0 aromatic heterocycles. The maximum atomic E-state index is 12.1. The molecular weight excluding hydrogens is 257 g/mol. The number of hydrogen-bond donors (Lipinski definition) is 2. The number of carbonyl (C=O) groups excluding carboxylic acids is 1. The van der Waals surface area contributed by atoms with Gasteiger partial charge in [-0.3, -0.25) is 4.79 Å². The lowest BCUT2D eigenvalue weighted by molar-refractivity contribution is -0.136. The molecular formula is C13H15F3N2O. The van der Waals surface area contributed by atoms with Crippen molar-refractivity contribution in [2.24, 2.45) is 5.73 Å². The number of rotatable bonds is 3. The first-order valence-electron chi connectivity index (χ1n) is 6.10. The summed E-state index contributed by atoms with van der Waals surface area (Å²) in [5.41, 5.74) is 7.75. The summed E-state index contributed by atoms with van der Waals surface area (Å²) in [6.07, 6.45) is -4.57. The number of alkyl halides is 3. The molecule has 1 aromatic rings. The van der Waals surface area contributed by atoms with Crippen LogP contribution in [0.15, 0.2) is 18.2 Å². The van der Waals surface area contributed by atoms with Gasteiger partial charge in [0.05, 0.1) is 0 Å². The second-order valence-electron chi connectivity index (χ2n) is 4.68. The highest BCUT2D eigenvalue weighted by Gasteiger charge is 2.28. The van der Waals surface area contributed by atoms with Crippen LogP contribution in [0.3, 0.4) is 0 Å². The quantitative estimate of drug-likeness (QED) is 0.887. The SMILES string of the molecule is NC(CCC(F)(F)F)c1ccc2c(c1)C(=O)NCC2. The lowest BCUT2D eigenvalue weighted by atomic mass is 9.94. The van der Waals surface area contributed by atoms with Crippen LogP contribution >= 0.6 is 0 Å². The molecule has 1 atom stereocenters. The molecule has 0 saturated heterocycles. The van der Waals surface area contributed by atoms with Gasteiger partial charge in [0.1, 0.15) is 0 Å². The second kappa shape index (κ2) is 5.21. The Balaban J connectivity index is 2.13. The highest BCUT2D eigenvalue weighted by Crippen LogP contribution is 2.27. The molecule has 0 spiro atoms. The van der Waals surface area contributed by atoms with Crippen molar-refractivity contribution in [3.8, 4) is 0 Å². The summed E-state index contributed by atoms with van der Waals surface area (Å²) >= 11 is 0. The molecule has 1 unspecified atom stereocenters. The van der Waals surface area contributed by atoms with Crippen LogP contribution in [0.1, 0.15) is 40.4 Å². The number of benzene rings is 1. The van der Waals surface area contributed by atoms with E-state index in [2.05, 4.69) is 5.32 Å². The molecule has 19 heavy (non-hydrogen) atoms. The van der Waals surface area contributed by atoms with Gasteiger partial charge in [-0.15, -0.1) is 0 Å². The molecule has 1 amide bonds. The van der Waals surface area contributed by atoms with E-state index in [-0.39, 0.29) is 12.3 Å². The molecule has 6 heteroatoms. The molecule has 104 valence electrons. The smallest absolute Gasteiger partial charge is 0.352 e. The molecule has 3 N–H and O–H groups in total. The first kappa shape index (κ1) is 13.9. The predicted octanol–water partition coefficient (Wildman–Crippen LogP) is 2.31. The van der Waals surface area contributed by atoms with Crippen molar-refractivity contribution in [1.29, 1.82) is 0 Å². The van der Waals surface area contributed by atoms with Gasteiger partial charge in [0.15, 0.2) is 0 Å². The van der Waals surface area contributed by atoms with Gasteiger partial charge in [0, 0.05) is 24.6 Å². The van der Waals surface area contributed by atoms with Gasteiger partial charge in [-0.25, -0.2) is 0 Å². The van der Waals surface area contributed by atoms with Gasteiger partial charge in [-0.2, -0.15) is 13.2 Å². The molecule has 0 radical (unpaired) electrons. The minimum Gasteiger partial charge on any atom is -0.352 e. The minimum atomic E-state index is -4.21. The largest absolute Gasteiger partial charge is 0.389 e. The Morgan fingerprint density at radius 2 is 2.11 bits per heavy atom. The average molecular weight is 272 g/mol. The average Bonchev–Trinajstić information content (AvgIpc) is 2.35. The highest BCUT2D eigenvalue weighted by atomic mass is 19.4. The molecule has 1 heterocycles. The molecule has 0 aliphatic carbocycles. The van der Waals surface area contributed by atoms with Gasteiger partial charge >= 0.3 is 6.18 Å². The van der Waals surface area contributed by atoms with Crippen molar-refractivity contribution in [1.82, 2.24) is 5.32 Å². The zero-order valence-electron chi connectivity index (χ0n) is 10.3. The molecule has 2 rings (SSSR count). The molecule has 0 bridgehead atoms. The van der Waals surface area contributed by atoms with Crippen molar-refractivity contribution in [2.75, 3.05) is 6.54 Å². The normalized spacial score (nSPS) is 16.7. The first-order chi connectivity index (χ1) is 8.87. The molecule has 1 aliphatic rings. The molecule has 0 saturated carbocycles. The number of nitrogens with one attached hydrogen (secondary N) is 1. The Morgan fingerprint density at radius 1 is 1.37 bits per heavy atom. The standard InChI is InChI=1S/C13H15F3N2O/c14-13(15,16)5-3-11(17)9-2-1-8-4-6-18-12(19)10(8)7-9/h1-2,7,11H,3-6,17H2,(H,18,19). The molecule has 3 nitrogen and oxygen atoms in total. The van der Waals surface area contributed by atoms with E-state index >= 15 is 0 Å². The van der Waals surface area contributed by atoms with Crippen molar-refractivity contribution >= 4 is 5.91 Å². The number of amides is 1. The lowest BCUT2D eigenvalue weighted by Crippen LogP contribution is -2.32. The maximum absolute atomic E-state index is 12.1. The molecule has 1 aromatic carbocycles. The van der Waals surface area contributed by atoms with Crippen LogP contribution in [0.25, 0.3) is 0 Å². The van der Waals surface area contributed by atoms with E-state index in [4.69, 9.17) is 5.73 Å². The number of carbonyl (C=O) groups is 1. The van der Waals surface area contributed by atoms with Crippen molar-refractivity contribution in [3.05, 3.63) is 34.9 Å². The van der Waals surface area contributed by atoms with E-state index in [1.54, 1.807) is 18.2 Å².